The van der Waals surface area contributed by atoms with Crippen LogP contribution in [0.4, 0.5) is 10.1 Å². The standard InChI is InChI=1S/C13H18FNO/c1-4-8-15(5-2)13-7-6-11(14)9-12(13)10(3)16/h4,6-7,9-10,16H,1,5,8H2,2-3H3/t10-/m0/s1. The molecule has 1 rings (SSSR count). The SMILES string of the molecule is C=CCN(CC)c1ccc(F)cc1[C@H](C)O. The number of halogens is 1. The van der Waals surface area contributed by atoms with Gasteiger partial charge in [0, 0.05) is 24.3 Å². The average molecular weight is 223 g/mol. The lowest BCUT2D eigenvalue weighted by Gasteiger charge is -2.25. The summed E-state index contributed by atoms with van der Waals surface area (Å²) in [6, 6.07) is 4.49. The Kier molecular flexibility index (Phi) is 4.50. The third-order valence-electron chi connectivity index (χ3n) is 2.51. The second-order valence-electron chi connectivity index (χ2n) is 3.71. The minimum Gasteiger partial charge on any atom is -0.389 e. The van der Waals surface area contributed by atoms with E-state index >= 15 is 0 Å². The second-order valence-corrected chi connectivity index (χ2v) is 3.71. The molecule has 2 nitrogen and oxygen atoms in total. The van der Waals surface area contributed by atoms with Crippen molar-refractivity contribution in [3.05, 3.63) is 42.2 Å². The molecule has 0 spiro atoms. The Labute approximate surface area is 96.0 Å². The van der Waals surface area contributed by atoms with Crippen LogP contribution in [0.5, 0.6) is 0 Å². The Balaban J connectivity index is 3.14. The Morgan fingerprint density at radius 2 is 2.25 bits per heavy atom. The van der Waals surface area contributed by atoms with E-state index < -0.39 is 6.10 Å². The number of hydrogen-bond acceptors (Lipinski definition) is 2. The van der Waals surface area contributed by atoms with E-state index in [2.05, 4.69) is 6.58 Å². The van der Waals surface area contributed by atoms with Gasteiger partial charge in [-0.15, -0.1) is 6.58 Å². The van der Waals surface area contributed by atoms with Crippen LogP contribution in [0.25, 0.3) is 0 Å². The lowest BCUT2D eigenvalue weighted by Crippen LogP contribution is -2.24. The molecule has 16 heavy (non-hydrogen) atoms. The van der Waals surface area contributed by atoms with E-state index in [4.69, 9.17) is 0 Å². The quantitative estimate of drug-likeness (QED) is 0.776. The van der Waals surface area contributed by atoms with Gasteiger partial charge in [-0.25, -0.2) is 4.39 Å². The van der Waals surface area contributed by atoms with Gasteiger partial charge in [-0.2, -0.15) is 0 Å². The highest BCUT2D eigenvalue weighted by molar-refractivity contribution is 5.55. The van der Waals surface area contributed by atoms with Crippen molar-refractivity contribution in [2.45, 2.75) is 20.0 Å². The zero-order valence-corrected chi connectivity index (χ0v) is 9.78. The third kappa shape index (κ3) is 2.83. The molecule has 0 aromatic heterocycles. The van der Waals surface area contributed by atoms with Crippen molar-refractivity contribution in [2.75, 3.05) is 18.0 Å². The molecule has 1 N–H and O–H groups in total. The van der Waals surface area contributed by atoms with Gasteiger partial charge >= 0.3 is 0 Å². The summed E-state index contributed by atoms with van der Waals surface area (Å²) in [5.41, 5.74) is 1.47. The molecular formula is C13H18FNO. The predicted molar refractivity (Wildman–Crippen MR) is 65.1 cm³/mol. The summed E-state index contributed by atoms with van der Waals surface area (Å²) in [5.74, 6) is -0.325. The molecule has 0 saturated carbocycles. The van der Waals surface area contributed by atoms with Crippen molar-refractivity contribution in [2.24, 2.45) is 0 Å². The lowest BCUT2D eigenvalue weighted by molar-refractivity contribution is 0.199. The van der Waals surface area contributed by atoms with E-state index in [0.717, 1.165) is 12.2 Å². The Morgan fingerprint density at radius 1 is 1.56 bits per heavy atom. The van der Waals surface area contributed by atoms with Gasteiger partial charge in [0.15, 0.2) is 0 Å². The molecule has 3 heteroatoms. The van der Waals surface area contributed by atoms with Crippen LogP contribution in [0.3, 0.4) is 0 Å². The maximum absolute atomic E-state index is 13.1. The summed E-state index contributed by atoms with van der Waals surface area (Å²) >= 11 is 0. The molecule has 0 aliphatic heterocycles. The van der Waals surface area contributed by atoms with Gasteiger partial charge in [-0.05, 0) is 32.0 Å². The summed E-state index contributed by atoms with van der Waals surface area (Å²) in [5, 5.41) is 9.62. The number of rotatable bonds is 5. The van der Waals surface area contributed by atoms with E-state index in [-0.39, 0.29) is 5.82 Å². The summed E-state index contributed by atoms with van der Waals surface area (Å²) in [4.78, 5) is 2.04. The molecule has 1 aromatic carbocycles. The maximum atomic E-state index is 13.1. The van der Waals surface area contributed by atoms with Crippen molar-refractivity contribution >= 4 is 5.69 Å². The first-order valence-corrected chi connectivity index (χ1v) is 5.43. The highest BCUT2D eigenvalue weighted by atomic mass is 19.1. The van der Waals surface area contributed by atoms with Crippen molar-refractivity contribution in [3.8, 4) is 0 Å². The van der Waals surface area contributed by atoms with Crippen LogP contribution < -0.4 is 4.90 Å². The van der Waals surface area contributed by atoms with Crippen LogP contribution in [0.1, 0.15) is 25.5 Å². The molecule has 1 atom stereocenters. The van der Waals surface area contributed by atoms with Gasteiger partial charge in [-0.3, -0.25) is 0 Å². The molecule has 0 heterocycles. The van der Waals surface area contributed by atoms with Gasteiger partial charge < -0.3 is 10.0 Å². The smallest absolute Gasteiger partial charge is 0.123 e. The first-order valence-electron chi connectivity index (χ1n) is 5.43. The van der Waals surface area contributed by atoms with Crippen LogP contribution in [0, 0.1) is 5.82 Å². The molecular weight excluding hydrogens is 205 g/mol. The fourth-order valence-corrected chi connectivity index (χ4v) is 1.70. The van der Waals surface area contributed by atoms with Crippen molar-refractivity contribution in [1.29, 1.82) is 0 Å². The molecule has 0 radical (unpaired) electrons. The van der Waals surface area contributed by atoms with Gasteiger partial charge in [0.1, 0.15) is 5.82 Å². The van der Waals surface area contributed by atoms with Crippen LogP contribution in [-0.2, 0) is 0 Å². The first kappa shape index (κ1) is 12.7. The van der Waals surface area contributed by atoms with E-state index in [1.54, 1.807) is 19.1 Å². The maximum Gasteiger partial charge on any atom is 0.123 e. The molecule has 0 unspecified atom stereocenters. The number of benzene rings is 1. The second kappa shape index (κ2) is 5.66. The molecule has 0 aliphatic rings. The monoisotopic (exact) mass is 223 g/mol. The molecule has 0 amide bonds. The van der Waals surface area contributed by atoms with Crippen LogP contribution in [0.2, 0.25) is 0 Å². The topological polar surface area (TPSA) is 23.5 Å². The summed E-state index contributed by atoms with van der Waals surface area (Å²) in [6.07, 6.45) is 1.11. The highest BCUT2D eigenvalue weighted by Crippen LogP contribution is 2.27. The Bertz CT molecular complexity index is 363. The zero-order chi connectivity index (χ0) is 12.1. The van der Waals surface area contributed by atoms with E-state index in [1.165, 1.54) is 12.1 Å². The van der Waals surface area contributed by atoms with E-state index in [0.29, 0.717) is 12.1 Å². The molecule has 0 fully saturated rings. The van der Waals surface area contributed by atoms with E-state index in [1.807, 2.05) is 11.8 Å². The lowest BCUT2D eigenvalue weighted by atomic mass is 10.1. The fraction of sp³-hybridized carbons (Fsp3) is 0.385. The minimum absolute atomic E-state index is 0.325. The molecule has 0 saturated heterocycles. The van der Waals surface area contributed by atoms with Gasteiger partial charge in [-0.1, -0.05) is 6.08 Å². The van der Waals surface area contributed by atoms with Gasteiger partial charge in [0.05, 0.1) is 6.10 Å². The summed E-state index contributed by atoms with van der Waals surface area (Å²) in [6.45, 7) is 8.81. The van der Waals surface area contributed by atoms with Crippen LogP contribution >= 0.6 is 0 Å². The van der Waals surface area contributed by atoms with Gasteiger partial charge in [0.25, 0.3) is 0 Å². The van der Waals surface area contributed by atoms with Gasteiger partial charge in [0.2, 0.25) is 0 Å². The molecule has 88 valence electrons. The Morgan fingerprint density at radius 3 is 2.75 bits per heavy atom. The number of aliphatic hydroxyl groups is 1. The molecule has 0 bridgehead atoms. The number of nitrogens with zero attached hydrogens (tertiary/aromatic N) is 1. The van der Waals surface area contributed by atoms with Crippen LogP contribution in [-0.4, -0.2) is 18.2 Å². The summed E-state index contributed by atoms with van der Waals surface area (Å²) < 4.78 is 13.1. The summed E-state index contributed by atoms with van der Waals surface area (Å²) in [7, 11) is 0. The van der Waals surface area contributed by atoms with Crippen molar-refractivity contribution < 1.29 is 9.50 Å². The first-order chi connectivity index (χ1) is 7.60. The Hall–Kier alpha value is -1.35. The molecule has 1 aromatic rings. The number of aliphatic hydroxyl groups excluding tert-OH is 1. The number of hydrogen-bond donors (Lipinski definition) is 1. The predicted octanol–water partition coefficient (Wildman–Crippen LogP) is 2.89. The van der Waals surface area contributed by atoms with E-state index in [9.17, 15) is 9.50 Å². The minimum atomic E-state index is -0.676. The third-order valence-corrected chi connectivity index (χ3v) is 2.51. The van der Waals surface area contributed by atoms with Crippen LogP contribution in [0.15, 0.2) is 30.9 Å². The van der Waals surface area contributed by atoms with Crippen molar-refractivity contribution in [3.63, 3.8) is 0 Å². The number of anilines is 1. The van der Waals surface area contributed by atoms with Crippen molar-refractivity contribution in [1.82, 2.24) is 0 Å². The zero-order valence-electron chi connectivity index (χ0n) is 9.78. The molecule has 0 aliphatic carbocycles. The largest absolute Gasteiger partial charge is 0.389 e. The fourth-order valence-electron chi connectivity index (χ4n) is 1.70. The number of likely N-dealkylation sites (N-methyl/N-ethyl adjacent to an activating group) is 1. The highest BCUT2D eigenvalue weighted by Gasteiger charge is 2.13. The average Bonchev–Trinajstić information content (AvgIpc) is 2.26. The normalized spacial score (nSPS) is 12.2.